The monoisotopic (exact) mass is 313 g/mol. The van der Waals surface area contributed by atoms with Gasteiger partial charge in [0.05, 0.1) is 12.5 Å². The summed E-state index contributed by atoms with van der Waals surface area (Å²) in [5.41, 5.74) is 0.654. The first-order chi connectivity index (χ1) is 10.0. The standard InChI is InChI=1S/C15H23NO4S/c1-4-11(16-6-7-21-3)14-12(17)8-10(9-13(14)18)15(19)20-5-2/h10,14H,4-9H2,1-3H3. The van der Waals surface area contributed by atoms with Crippen molar-refractivity contribution in [3.8, 4) is 0 Å². The van der Waals surface area contributed by atoms with Crippen LogP contribution in [0.25, 0.3) is 0 Å². The Morgan fingerprint density at radius 3 is 2.38 bits per heavy atom. The van der Waals surface area contributed by atoms with E-state index in [2.05, 4.69) is 4.99 Å². The third kappa shape index (κ3) is 4.95. The number of carbonyl (C=O) groups excluding carboxylic acids is 3. The Hall–Kier alpha value is -1.17. The van der Waals surface area contributed by atoms with Gasteiger partial charge in [0.25, 0.3) is 0 Å². The molecule has 0 bridgehead atoms. The van der Waals surface area contributed by atoms with Crippen LogP contribution in [0, 0.1) is 11.8 Å². The minimum Gasteiger partial charge on any atom is -0.466 e. The Kier molecular flexibility index (Phi) is 7.64. The van der Waals surface area contributed by atoms with E-state index in [1.165, 1.54) is 0 Å². The maximum Gasteiger partial charge on any atom is 0.309 e. The first-order valence-corrected chi connectivity index (χ1v) is 8.68. The van der Waals surface area contributed by atoms with Crippen molar-refractivity contribution in [3.05, 3.63) is 0 Å². The molecule has 0 N–H and O–H groups in total. The molecule has 0 aromatic rings. The Labute approximate surface area is 129 Å². The summed E-state index contributed by atoms with van der Waals surface area (Å²) < 4.78 is 4.90. The highest BCUT2D eigenvalue weighted by Crippen LogP contribution is 2.26. The Morgan fingerprint density at radius 1 is 1.29 bits per heavy atom. The summed E-state index contributed by atoms with van der Waals surface area (Å²) in [5, 5.41) is 0. The van der Waals surface area contributed by atoms with Gasteiger partial charge in [-0.05, 0) is 19.6 Å². The number of esters is 1. The summed E-state index contributed by atoms with van der Waals surface area (Å²) in [4.78, 5) is 40.6. The molecule has 0 aliphatic heterocycles. The SMILES string of the molecule is CCOC(=O)C1CC(=O)C(C(CC)=NCCSC)C(=O)C1. The number of thioether (sulfide) groups is 1. The molecule has 0 spiro atoms. The van der Waals surface area contributed by atoms with Gasteiger partial charge in [0.15, 0.2) is 0 Å². The van der Waals surface area contributed by atoms with Crippen molar-refractivity contribution in [2.75, 3.05) is 25.2 Å². The molecule has 1 aliphatic rings. The molecule has 0 radical (unpaired) electrons. The number of aliphatic imine (C=N–C) groups is 1. The molecule has 1 fully saturated rings. The molecule has 0 saturated heterocycles. The van der Waals surface area contributed by atoms with Crippen LogP contribution in [0.1, 0.15) is 33.1 Å². The zero-order valence-electron chi connectivity index (χ0n) is 12.9. The minimum absolute atomic E-state index is 0.0801. The molecule has 1 aliphatic carbocycles. The summed E-state index contributed by atoms with van der Waals surface area (Å²) in [6.07, 6.45) is 2.73. The molecule has 21 heavy (non-hydrogen) atoms. The molecule has 6 heteroatoms. The number of carbonyl (C=O) groups is 3. The maximum atomic E-state index is 12.2. The van der Waals surface area contributed by atoms with Crippen LogP contribution in [0.4, 0.5) is 0 Å². The van der Waals surface area contributed by atoms with E-state index < -0.39 is 17.8 Å². The fraction of sp³-hybridized carbons (Fsp3) is 0.733. The van der Waals surface area contributed by atoms with Crippen molar-refractivity contribution in [1.29, 1.82) is 0 Å². The summed E-state index contributed by atoms with van der Waals surface area (Å²) in [6, 6.07) is 0. The van der Waals surface area contributed by atoms with E-state index in [0.29, 0.717) is 18.7 Å². The first kappa shape index (κ1) is 17.9. The number of hydrogen-bond donors (Lipinski definition) is 0. The van der Waals surface area contributed by atoms with Gasteiger partial charge in [0.1, 0.15) is 17.5 Å². The van der Waals surface area contributed by atoms with Crippen LogP contribution >= 0.6 is 11.8 Å². The average Bonchev–Trinajstić information content (AvgIpc) is 2.45. The Bertz CT molecular complexity index is 415. The largest absolute Gasteiger partial charge is 0.466 e. The lowest BCUT2D eigenvalue weighted by Crippen LogP contribution is -2.41. The van der Waals surface area contributed by atoms with Gasteiger partial charge in [-0.2, -0.15) is 11.8 Å². The van der Waals surface area contributed by atoms with Gasteiger partial charge < -0.3 is 4.74 Å². The van der Waals surface area contributed by atoms with E-state index in [1.807, 2.05) is 13.2 Å². The second-order valence-corrected chi connectivity index (χ2v) is 5.93. The van der Waals surface area contributed by atoms with Crippen LogP contribution in [-0.2, 0) is 19.1 Å². The first-order valence-electron chi connectivity index (χ1n) is 7.29. The highest BCUT2D eigenvalue weighted by Gasteiger charge is 2.40. The number of nitrogens with zero attached hydrogens (tertiary/aromatic N) is 1. The van der Waals surface area contributed by atoms with Gasteiger partial charge >= 0.3 is 5.97 Å². The Morgan fingerprint density at radius 2 is 1.90 bits per heavy atom. The zero-order valence-corrected chi connectivity index (χ0v) is 13.7. The fourth-order valence-corrected chi connectivity index (χ4v) is 2.73. The van der Waals surface area contributed by atoms with Crippen molar-refractivity contribution in [1.82, 2.24) is 0 Å². The molecule has 0 unspecified atom stereocenters. The second-order valence-electron chi connectivity index (χ2n) is 4.94. The van der Waals surface area contributed by atoms with Crippen LogP contribution in [0.2, 0.25) is 0 Å². The highest BCUT2D eigenvalue weighted by atomic mass is 32.2. The predicted molar refractivity (Wildman–Crippen MR) is 83.8 cm³/mol. The van der Waals surface area contributed by atoms with Crippen molar-refractivity contribution in [2.45, 2.75) is 33.1 Å². The molecule has 5 nitrogen and oxygen atoms in total. The third-order valence-electron chi connectivity index (χ3n) is 3.46. The van der Waals surface area contributed by atoms with Crippen LogP contribution in [0.3, 0.4) is 0 Å². The smallest absolute Gasteiger partial charge is 0.309 e. The lowest BCUT2D eigenvalue weighted by molar-refractivity contribution is -0.153. The summed E-state index contributed by atoms with van der Waals surface area (Å²) in [7, 11) is 0. The molecule has 0 aromatic carbocycles. The molecule has 0 aromatic heterocycles. The molecule has 1 saturated carbocycles. The highest BCUT2D eigenvalue weighted by molar-refractivity contribution is 7.98. The topological polar surface area (TPSA) is 72.8 Å². The average molecular weight is 313 g/mol. The van der Waals surface area contributed by atoms with Crippen molar-refractivity contribution < 1.29 is 19.1 Å². The molecule has 0 amide bonds. The van der Waals surface area contributed by atoms with E-state index in [-0.39, 0.29) is 31.0 Å². The molecule has 0 heterocycles. The lowest BCUT2D eigenvalue weighted by atomic mass is 9.77. The van der Waals surface area contributed by atoms with E-state index in [1.54, 1.807) is 18.7 Å². The van der Waals surface area contributed by atoms with Crippen LogP contribution in [-0.4, -0.2) is 48.4 Å². The summed E-state index contributed by atoms with van der Waals surface area (Å²) >= 11 is 1.67. The van der Waals surface area contributed by atoms with Gasteiger partial charge in [-0.25, -0.2) is 0 Å². The minimum atomic E-state index is -0.748. The molecule has 118 valence electrons. The number of ether oxygens (including phenoxy) is 1. The van der Waals surface area contributed by atoms with Crippen LogP contribution in [0.5, 0.6) is 0 Å². The van der Waals surface area contributed by atoms with Gasteiger partial charge in [-0.1, -0.05) is 6.92 Å². The lowest BCUT2D eigenvalue weighted by Gasteiger charge is -2.25. The summed E-state index contributed by atoms with van der Waals surface area (Å²) in [6.45, 7) is 4.48. The number of hydrogen-bond acceptors (Lipinski definition) is 6. The van der Waals surface area contributed by atoms with E-state index in [9.17, 15) is 14.4 Å². The fourth-order valence-electron chi connectivity index (χ4n) is 2.46. The van der Waals surface area contributed by atoms with E-state index in [0.717, 1.165) is 5.75 Å². The second kappa shape index (κ2) is 8.97. The molecule has 0 atom stereocenters. The zero-order chi connectivity index (χ0) is 15.8. The molecular formula is C15H23NO4S. The Balaban J connectivity index is 2.78. The van der Waals surface area contributed by atoms with E-state index >= 15 is 0 Å². The van der Waals surface area contributed by atoms with Gasteiger partial charge in [-0.3, -0.25) is 19.4 Å². The predicted octanol–water partition coefficient (Wildman–Crippen LogP) is 1.93. The van der Waals surface area contributed by atoms with Crippen LogP contribution in [0.15, 0.2) is 4.99 Å². The maximum absolute atomic E-state index is 12.2. The van der Waals surface area contributed by atoms with Gasteiger partial charge in [0, 0.05) is 30.9 Å². The molecule has 1 rings (SSSR count). The van der Waals surface area contributed by atoms with Crippen molar-refractivity contribution in [3.63, 3.8) is 0 Å². The number of ketones is 2. The van der Waals surface area contributed by atoms with E-state index in [4.69, 9.17) is 4.74 Å². The third-order valence-corrected chi connectivity index (χ3v) is 4.06. The van der Waals surface area contributed by atoms with Gasteiger partial charge in [-0.15, -0.1) is 0 Å². The summed E-state index contributed by atoms with van der Waals surface area (Å²) in [5.74, 6) is -1.35. The van der Waals surface area contributed by atoms with Crippen LogP contribution < -0.4 is 0 Å². The van der Waals surface area contributed by atoms with Crippen molar-refractivity contribution >= 4 is 35.0 Å². The van der Waals surface area contributed by atoms with Crippen molar-refractivity contribution in [2.24, 2.45) is 16.8 Å². The number of Topliss-reactive ketones (excluding diaryl/α,β-unsaturated/α-hetero) is 2. The quantitative estimate of drug-likeness (QED) is 0.311. The molecular weight excluding hydrogens is 290 g/mol. The van der Waals surface area contributed by atoms with Gasteiger partial charge in [0.2, 0.25) is 0 Å². The normalized spacial score (nSPS) is 23.3. The number of rotatable bonds is 7.